The zero-order valence-electron chi connectivity index (χ0n) is 10.5. The quantitative estimate of drug-likeness (QED) is 0.891. The number of hydrogen-bond acceptors (Lipinski definition) is 4. The van der Waals surface area contributed by atoms with Crippen LogP contribution in [0.15, 0.2) is 18.2 Å². The normalized spacial score (nSPS) is 27.8. The van der Waals surface area contributed by atoms with Crippen LogP contribution in [0.2, 0.25) is 0 Å². The number of carboxylic acid groups (broad SMARTS) is 1. The van der Waals surface area contributed by atoms with Gasteiger partial charge in [-0.25, -0.2) is 9.78 Å². The Balaban J connectivity index is 2.04. The van der Waals surface area contributed by atoms with Gasteiger partial charge in [-0.05, 0) is 19.9 Å². The lowest BCUT2D eigenvalue weighted by Crippen LogP contribution is -2.35. The van der Waals surface area contributed by atoms with Gasteiger partial charge in [0.05, 0.1) is 12.2 Å². The molecule has 1 aliphatic heterocycles. The number of carboxylic acids is 1. The molecular formula is C13H17NO4. The summed E-state index contributed by atoms with van der Waals surface area (Å²) in [7, 11) is 0. The molecule has 0 amide bonds. The molecule has 98 valence electrons. The van der Waals surface area contributed by atoms with Crippen LogP contribution in [0.25, 0.3) is 0 Å². The third-order valence-corrected chi connectivity index (χ3v) is 2.88. The predicted molar refractivity (Wildman–Crippen MR) is 64.9 cm³/mol. The van der Waals surface area contributed by atoms with Crippen molar-refractivity contribution in [3.63, 3.8) is 0 Å². The molecule has 1 saturated heterocycles. The summed E-state index contributed by atoms with van der Waals surface area (Å²) in [6, 6.07) is 4.76. The van der Waals surface area contributed by atoms with Crippen molar-refractivity contribution in [2.24, 2.45) is 0 Å². The number of rotatable bonds is 3. The van der Waals surface area contributed by atoms with E-state index in [0.717, 1.165) is 12.8 Å². The second kappa shape index (κ2) is 5.35. The molecule has 0 aromatic carbocycles. The molecule has 1 aromatic heterocycles. The maximum Gasteiger partial charge on any atom is 0.354 e. The standard InChI is InChI=1S/C13H17NO4/c1-8-6-10(7-9(2)17-8)18-12-5-3-4-11(14-12)13(15)16/h3-5,8-10H,6-7H2,1-2H3,(H,15,16). The molecule has 5 nitrogen and oxygen atoms in total. The number of nitrogens with zero attached hydrogens (tertiary/aromatic N) is 1. The highest BCUT2D eigenvalue weighted by molar-refractivity contribution is 5.85. The Morgan fingerprint density at radius 1 is 1.39 bits per heavy atom. The summed E-state index contributed by atoms with van der Waals surface area (Å²) in [5.41, 5.74) is 0.000608. The van der Waals surface area contributed by atoms with Crippen LogP contribution in [0.3, 0.4) is 0 Å². The summed E-state index contributed by atoms with van der Waals surface area (Å²) in [4.78, 5) is 14.8. The minimum atomic E-state index is -1.05. The second-order valence-corrected chi connectivity index (χ2v) is 4.63. The van der Waals surface area contributed by atoms with Crippen molar-refractivity contribution in [3.05, 3.63) is 23.9 Å². The monoisotopic (exact) mass is 251 g/mol. The van der Waals surface area contributed by atoms with Gasteiger partial charge in [0.25, 0.3) is 0 Å². The van der Waals surface area contributed by atoms with E-state index in [-0.39, 0.29) is 24.0 Å². The Morgan fingerprint density at radius 2 is 2.06 bits per heavy atom. The third kappa shape index (κ3) is 3.20. The largest absolute Gasteiger partial charge is 0.477 e. The van der Waals surface area contributed by atoms with Crippen LogP contribution in [-0.4, -0.2) is 34.4 Å². The fourth-order valence-electron chi connectivity index (χ4n) is 2.21. The zero-order chi connectivity index (χ0) is 13.1. The molecule has 2 rings (SSSR count). The molecule has 5 heteroatoms. The predicted octanol–water partition coefficient (Wildman–Crippen LogP) is 2.11. The molecule has 1 N–H and O–H groups in total. The van der Waals surface area contributed by atoms with E-state index >= 15 is 0 Å². The first-order chi connectivity index (χ1) is 8.54. The molecule has 0 spiro atoms. The van der Waals surface area contributed by atoms with Gasteiger partial charge in [-0.3, -0.25) is 0 Å². The van der Waals surface area contributed by atoms with E-state index in [2.05, 4.69) is 4.98 Å². The van der Waals surface area contributed by atoms with Crippen molar-refractivity contribution < 1.29 is 19.4 Å². The van der Waals surface area contributed by atoms with Gasteiger partial charge in [-0.1, -0.05) is 6.07 Å². The first kappa shape index (κ1) is 12.8. The highest BCUT2D eigenvalue weighted by atomic mass is 16.5. The molecule has 2 atom stereocenters. The molecule has 2 unspecified atom stereocenters. The highest BCUT2D eigenvalue weighted by Gasteiger charge is 2.26. The van der Waals surface area contributed by atoms with Crippen LogP contribution in [0, 0.1) is 0 Å². The van der Waals surface area contributed by atoms with Crippen LogP contribution in [0.1, 0.15) is 37.2 Å². The molecule has 0 aliphatic carbocycles. The van der Waals surface area contributed by atoms with E-state index in [4.69, 9.17) is 14.6 Å². The van der Waals surface area contributed by atoms with E-state index < -0.39 is 5.97 Å². The molecule has 2 heterocycles. The molecule has 0 radical (unpaired) electrons. The minimum absolute atomic E-state index is 0.000608. The summed E-state index contributed by atoms with van der Waals surface area (Å²) in [6.07, 6.45) is 1.93. The van der Waals surface area contributed by atoms with Gasteiger partial charge >= 0.3 is 5.97 Å². The number of carbonyl (C=O) groups is 1. The lowest BCUT2D eigenvalue weighted by atomic mass is 10.0. The Labute approximate surface area is 106 Å². The third-order valence-electron chi connectivity index (χ3n) is 2.88. The van der Waals surface area contributed by atoms with Gasteiger partial charge in [0, 0.05) is 18.9 Å². The summed E-state index contributed by atoms with van der Waals surface area (Å²) in [5.74, 6) is -0.685. The average molecular weight is 251 g/mol. The van der Waals surface area contributed by atoms with Gasteiger partial charge in [0.1, 0.15) is 6.10 Å². The average Bonchev–Trinajstić information content (AvgIpc) is 2.27. The van der Waals surface area contributed by atoms with E-state index in [1.54, 1.807) is 12.1 Å². The van der Waals surface area contributed by atoms with E-state index in [1.807, 2.05) is 13.8 Å². The Kier molecular flexibility index (Phi) is 3.81. The molecule has 1 aliphatic rings. The number of pyridine rings is 1. The number of aromatic carboxylic acids is 1. The Hall–Kier alpha value is -1.62. The van der Waals surface area contributed by atoms with E-state index in [1.165, 1.54) is 6.07 Å². The van der Waals surface area contributed by atoms with Crippen molar-refractivity contribution >= 4 is 5.97 Å². The van der Waals surface area contributed by atoms with Crippen LogP contribution in [-0.2, 0) is 4.74 Å². The number of hydrogen-bond donors (Lipinski definition) is 1. The van der Waals surface area contributed by atoms with E-state index in [0.29, 0.717) is 5.88 Å². The van der Waals surface area contributed by atoms with Gasteiger partial charge < -0.3 is 14.6 Å². The fraction of sp³-hybridized carbons (Fsp3) is 0.538. The maximum atomic E-state index is 10.8. The summed E-state index contributed by atoms with van der Waals surface area (Å²) >= 11 is 0. The second-order valence-electron chi connectivity index (χ2n) is 4.63. The fourth-order valence-corrected chi connectivity index (χ4v) is 2.21. The first-order valence-corrected chi connectivity index (χ1v) is 6.07. The van der Waals surface area contributed by atoms with Crippen molar-refractivity contribution in [1.82, 2.24) is 4.98 Å². The molecular weight excluding hydrogens is 234 g/mol. The van der Waals surface area contributed by atoms with Crippen molar-refractivity contribution in [3.8, 4) is 5.88 Å². The number of ether oxygens (including phenoxy) is 2. The smallest absolute Gasteiger partial charge is 0.354 e. The van der Waals surface area contributed by atoms with Crippen molar-refractivity contribution in [1.29, 1.82) is 0 Å². The molecule has 18 heavy (non-hydrogen) atoms. The Morgan fingerprint density at radius 3 is 2.67 bits per heavy atom. The van der Waals surface area contributed by atoms with E-state index in [9.17, 15) is 4.79 Å². The molecule has 1 fully saturated rings. The van der Waals surface area contributed by atoms with Gasteiger partial charge in [-0.2, -0.15) is 0 Å². The van der Waals surface area contributed by atoms with Crippen LogP contribution in [0.4, 0.5) is 0 Å². The van der Waals surface area contributed by atoms with Crippen LogP contribution >= 0.6 is 0 Å². The van der Waals surface area contributed by atoms with Crippen molar-refractivity contribution in [2.45, 2.75) is 45.0 Å². The zero-order valence-corrected chi connectivity index (χ0v) is 10.5. The maximum absolute atomic E-state index is 10.8. The molecule has 0 saturated carbocycles. The van der Waals surface area contributed by atoms with Gasteiger partial charge in [-0.15, -0.1) is 0 Å². The minimum Gasteiger partial charge on any atom is -0.477 e. The highest BCUT2D eigenvalue weighted by Crippen LogP contribution is 2.23. The first-order valence-electron chi connectivity index (χ1n) is 6.07. The van der Waals surface area contributed by atoms with Crippen molar-refractivity contribution in [2.75, 3.05) is 0 Å². The van der Waals surface area contributed by atoms with Crippen LogP contribution in [0.5, 0.6) is 5.88 Å². The SMILES string of the molecule is CC1CC(Oc2cccc(C(=O)O)n2)CC(C)O1. The Bertz CT molecular complexity index is 425. The lowest BCUT2D eigenvalue weighted by molar-refractivity contribution is -0.0730. The summed E-state index contributed by atoms with van der Waals surface area (Å²) in [5, 5.41) is 8.86. The molecule has 1 aromatic rings. The summed E-state index contributed by atoms with van der Waals surface area (Å²) in [6.45, 7) is 4.01. The summed E-state index contributed by atoms with van der Waals surface area (Å²) < 4.78 is 11.4. The van der Waals surface area contributed by atoms with Crippen LogP contribution < -0.4 is 4.74 Å². The number of aromatic nitrogens is 1. The van der Waals surface area contributed by atoms with Gasteiger partial charge in [0.15, 0.2) is 5.69 Å². The molecule has 0 bridgehead atoms. The van der Waals surface area contributed by atoms with Gasteiger partial charge in [0.2, 0.25) is 5.88 Å². The topological polar surface area (TPSA) is 68.7 Å². The lowest BCUT2D eigenvalue weighted by Gasteiger charge is -2.31.